The molecule has 0 aliphatic carbocycles. The monoisotopic (exact) mass is 281 g/mol. The van der Waals surface area contributed by atoms with Gasteiger partial charge in [-0.3, -0.25) is 14.5 Å². The van der Waals surface area contributed by atoms with E-state index in [4.69, 9.17) is 11.6 Å². The number of hydrogen-bond donors (Lipinski definition) is 0. The van der Waals surface area contributed by atoms with Crippen LogP contribution in [0.4, 0.5) is 23.2 Å². The summed E-state index contributed by atoms with van der Waals surface area (Å²) in [5, 5.41) is -0.427. The summed E-state index contributed by atoms with van der Waals surface area (Å²) in [6.45, 7) is -1.65. The molecule has 2 rings (SSSR count). The molecule has 1 aliphatic heterocycles. The minimum absolute atomic E-state index is 0.192. The number of benzene rings is 1. The largest absolute Gasteiger partial charge is 0.406 e. The van der Waals surface area contributed by atoms with Gasteiger partial charge in [-0.05, 0) is 12.1 Å². The van der Waals surface area contributed by atoms with Crippen LogP contribution in [0.25, 0.3) is 0 Å². The van der Waals surface area contributed by atoms with Crippen molar-refractivity contribution in [2.75, 3.05) is 11.4 Å². The van der Waals surface area contributed by atoms with Crippen LogP contribution >= 0.6 is 11.6 Å². The summed E-state index contributed by atoms with van der Waals surface area (Å²) >= 11 is 5.41. The summed E-state index contributed by atoms with van der Waals surface area (Å²) in [6, 6.07) is 1.50. The molecule has 0 spiro atoms. The van der Waals surface area contributed by atoms with Gasteiger partial charge in [-0.2, -0.15) is 13.2 Å². The molecular formula is C10H4ClF4NO2. The van der Waals surface area contributed by atoms with E-state index >= 15 is 0 Å². The number of nitrogens with zero attached hydrogens (tertiary/aromatic N) is 1. The minimum Gasteiger partial charge on any atom is -0.296 e. The third-order valence-electron chi connectivity index (χ3n) is 2.35. The van der Waals surface area contributed by atoms with E-state index in [2.05, 4.69) is 0 Å². The number of alkyl halides is 3. The molecule has 3 nitrogen and oxygen atoms in total. The maximum atomic E-state index is 13.2. The molecule has 0 aromatic heterocycles. The predicted octanol–water partition coefficient (Wildman–Crippen LogP) is 2.57. The molecule has 0 saturated carbocycles. The average molecular weight is 282 g/mol. The van der Waals surface area contributed by atoms with Crippen molar-refractivity contribution in [3.05, 3.63) is 28.5 Å². The third-order valence-corrected chi connectivity index (χ3v) is 2.64. The Balaban J connectivity index is 2.52. The molecule has 1 amide bonds. The number of anilines is 1. The Labute approximate surface area is 103 Å². The van der Waals surface area contributed by atoms with Crippen molar-refractivity contribution in [3.63, 3.8) is 0 Å². The Bertz CT molecular complexity index is 556. The van der Waals surface area contributed by atoms with Crippen molar-refractivity contribution in [1.29, 1.82) is 0 Å². The number of hydrogen-bond acceptors (Lipinski definition) is 2. The molecule has 0 N–H and O–H groups in total. The quantitative estimate of drug-likeness (QED) is 0.586. The summed E-state index contributed by atoms with van der Waals surface area (Å²) in [4.78, 5) is 23.0. The minimum atomic E-state index is -4.69. The van der Waals surface area contributed by atoms with E-state index in [-0.39, 0.29) is 10.5 Å². The van der Waals surface area contributed by atoms with Crippen LogP contribution < -0.4 is 4.90 Å². The zero-order valence-electron chi connectivity index (χ0n) is 8.52. The highest BCUT2D eigenvalue weighted by Gasteiger charge is 2.42. The summed E-state index contributed by atoms with van der Waals surface area (Å²) in [5.74, 6) is -3.47. The first kappa shape index (κ1) is 12.8. The standard InChI is InChI=1S/C10H4ClF4NO2/c11-5-1-4-7(2-6(5)12)16(3-10(13,14)15)9(18)8(4)17/h1-2H,3H2. The highest BCUT2D eigenvalue weighted by molar-refractivity contribution is 6.52. The molecule has 1 aliphatic rings. The molecule has 96 valence electrons. The highest BCUT2D eigenvalue weighted by atomic mass is 35.5. The van der Waals surface area contributed by atoms with Crippen LogP contribution in [0.15, 0.2) is 12.1 Å². The Morgan fingerprint density at radius 2 is 1.83 bits per heavy atom. The van der Waals surface area contributed by atoms with Crippen LogP contribution in [0.2, 0.25) is 5.02 Å². The van der Waals surface area contributed by atoms with Crippen molar-refractivity contribution in [2.45, 2.75) is 6.18 Å². The first-order valence-electron chi connectivity index (χ1n) is 4.62. The third kappa shape index (κ3) is 2.05. The van der Waals surface area contributed by atoms with E-state index in [1.54, 1.807) is 0 Å². The molecule has 1 heterocycles. The molecule has 0 bridgehead atoms. The second-order valence-electron chi connectivity index (χ2n) is 3.62. The van der Waals surface area contributed by atoms with Crippen molar-refractivity contribution >= 4 is 29.0 Å². The lowest BCUT2D eigenvalue weighted by Gasteiger charge is -2.18. The summed E-state index contributed by atoms with van der Waals surface area (Å²) in [6.07, 6.45) is -4.69. The molecule has 1 aromatic rings. The highest BCUT2D eigenvalue weighted by Crippen LogP contribution is 2.34. The molecular weight excluding hydrogens is 278 g/mol. The topological polar surface area (TPSA) is 37.4 Å². The molecule has 0 radical (unpaired) electrons. The van der Waals surface area contributed by atoms with Gasteiger partial charge in [-0.1, -0.05) is 11.6 Å². The molecule has 0 fully saturated rings. The van der Waals surface area contributed by atoms with Gasteiger partial charge in [0.25, 0.3) is 11.7 Å². The number of Topliss-reactive ketones (excluding diaryl/α,β-unsaturated/α-hetero) is 1. The lowest BCUT2D eigenvalue weighted by atomic mass is 10.1. The molecule has 18 heavy (non-hydrogen) atoms. The Morgan fingerprint density at radius 1 is 1.22 bits per heavy atom. The van der Waals surface area contributed by atoms with Crippen LogP contribution in [0.3, 0.4) is 0 Å². The van der Waals surface area contributed by atoms with Gasteiger partial charge in [0.15, 0.2) is 0 Å². The SMILES string of the molecule is O=C1C(=O)N(CC(F)(F)F)c2cc(F)c(Cl)cc21. The second-order valence-corrected chi connectivity index (χ2v) is 4.03. The molecule has 0 atom stereocenters. The fraction of sp³-hybridized carbons (Fsp3) is 0.200. The van der Waals surface area contributed by atoms with Gasteiger partial charge in [0, 0.05) is 0 Å². The van der Waals surface area contributed by atoms with Gasteiger partial charge in [-0.25, -0.2) is 4.39 Å². The van der Waals surface area contributed by atoms with Crippen molar-refractivity contribution in [1.82, 2.24) is 0 Å². The van der Waals surface area contributed by atoms with Crippen molar-refractivity contribution in [2.24, 2.45) is 0 Å². The van der Waals surface area contributed by atoms with E-state index in [0.717, 1.165) is 6.07 Å². The van der Waals surface area contributed by atoms with E-state index in [1.165, 1.54) is 0 Å². The first-order valence-corrected chi connectivity index (χ1v) is 5.00. The molecule has 0 unspecified atom stereocenters. The predicted molar refractivity (Wildman–Crippen MR) is 54.1 cm³/mol. The van der Waals surface area contributed by atoms with E-state index in [9.17, 15) is 27.2 Å². The van der Waals surface area contributed by atoms with Crippen molar-refractivity contribution < 1.29 is 27.2 Å². The van der Waals surface area contributed by atoms with E-state index in [0.29, 0.717) is 6.07 Å². The van der Waals surface area contributed by atoms with E-state index in [1.807, 2.05) is 0 Å². The lowest BCUT2D eigenvalue weighted by molar-refractivity contribution is -0.129. The van der Waals surface area contributed by atoms with Gasteiger partial charge < -0.3 is 0 Å². The number of amides is 1. The summed E-state index contributed by atoms with van der Waals surface area (Å²) < 4.78 is 49.9. The van der Waals surface area contributed by atoms with Gasteiger partial charge in [0.1, 0.15) is 12.4 Å². The maximum Gasteiger partial charge on any atom is 0.406 e. The zero-order valence-corrected chi connectivity index (χ0v) is 9.27. The zero-order chi connectivity index (χ0) is 13.7. The van der Waals surface area contributed by atoms with E-state index < -0.39 is 40.9 Å². The Hall–Kier alpha value is -1.63. The number of fused-ring (bicyclic) bond motifs is 1. The molecule has 1 aromatic carbocycles. The molecule has 8 heteroatoms. The number of carbonyl (C=O) groups excluding carboxylic acids is 2. The van der Waals surface area contributed by atoms with Gasteiger partial charge in [0.05, 0.1) is 16.3 Å². The number of carbonyl (C=O) groups is 2. The Morgan fingerprint density at radius 3 is 2.39 bits per heavy atom. The normalized spacial score (nSPS) is 15.3. The number of ketones is 1. The van der Waals surface area contributed by atoms with Crippen LogP contribution in [-0.2, 0) is 4.79 Å². The first-order chi connectivity index (χ1) is 8.20. The van der Waals surface area contributed by atoms with Crippen LogP contribution in [-0.4, -0.2) is 24.4 Å². The fourth-order valence-corrected chi connectivity index (χ4v) is 1.79. The van der Waals surface area contributed by atoms with Crippen LogP contribution in [0.5, 0.6) is 0 Å². The van der Waals surface area contributed by atoms with Crippen molar-refractivity contribution in [3.8, 4) is 0 Å². The smallest absolute Gasteiger partial charge is 0.296 e. The summed E-state index contributed by atoms with van der Waals surface area (Å²) in [7, 11) is 0. The van der Waals surface area contributed by atoms with Gasteiger partial charge >= 0.3 is 6.18 Å². The summed E-state index contributed by atoms with van der Waals surface area (Å²) in [5.41, 5.74) is -0.736. The van der Waals surface area contributed by atoms with Gasteiger partial charge in [-0.15, -0.1) is 0 Å². The Kier molecular flexibility index (Phi) is 2.81. The molecule has 0 saturated heterocycles. The van der Waals surface area contributed by atoms with Crippen LogP contribution in [0.1, 0.15) is 10.4 Å². The second kappa shape index (κ2) is 3.94. The van der Waals surface area contributed by atoms with Crippen LogP contribution in [0, 0.1) is 5.82 Å². The average Bonchev–Trinajstić information content (AvgIpc) is 2.44. The number of halogens is 5. The fourth-order valence-electron chi connectivity index (χ4n) is 1.62. The van der Waals surface area contributed by atoms with Gasteiger partial charge in [0.2, 0.25) is 0 Å². The maximum absolute atomic E-state index is 13.2. The number of rotatable bonds is 1. The lowest BCUT2D eigenvalue weighted by Crippen LogP contribution is -2.38.